The van der Waals surface area contributed by atoms with E-state index in [0.29, 0.717) is 0 Å². The molecule has 0 aliphatic carbocycles. The molecule has 3 heterocycles. The maximum atomic E-state index is 5.86. The number of hydrogen-bond donors (Lipinski definition) is 0. The van der Waals surface area contributed by atoms with E-state index in [1.807, 2.05) is 0 Å². The average molecular weight is 351 g/mol. The molecule has 5 rings (SSSR count). The van der Waals surface area contributed by atoms with Gasteiger partial charge in [-0.25, -0.2) is 0 Å². The first-order chi connectivity index (χ1) is 12.6. The number of quaternary nitrogens is 1. The fraction of sp³-hybridized carbons (Fsp3) is 0.333. The monoisotopic (exact) mass is 351 g/mol. The third-order valence-corrected chi connectivity index (χ3v) is 5.72. The van der Waals surface area contributed by atoms with Crippen LogP contribution >= 0.6 is 0 Å². The summed E-state index contributed by atoms with van der Waals surface area (Å²) < 4.78 is 20.5. The van der Waals surface area contributed by atoms with Crippen molar-refractivity contribution in [1.29, 1.82) is 0 Å². The number of aromatic nitrogens is 1. The standard InChI is InChI=1S/C21H23N2O3/c1-23(2)11-9-15-12-17-19(26-13-25-17)20(24-3)18(15)21(23)22-10-8-14-6-4-5-7-16(14)22/h4-8,10,12,21H,9,11,13H2,1-3H3/q+1. The third-order valence-electron chi connectivity index (χ3n) is 5.72. The molecule has 0 saturated carbocycles. The summed E-state index contributed by atoms with van der Waals surface area (Å²) in [6.45, 7) is 1.30. The molecule has 26 heavy (non-hydrogen) atoms. The van der Waals surface area contributed by atoms with Crippen LogP contribution in [-0.2, 0) is 6.42 Å². The summed E-state index contributed by atoms with van der Waals surface area (Å²) in [5, 5.41) is 1.25. The van der Waals surface area contributed by atoms with Gasteiger partial charge in [0.05, 0.1) is 38.8 Å². The number of benzene rings is 2. The molecule has 2 aliphatic rings. The Hall–Kier alpha value is -2.66. The predicted molar refractivity (Wildman–Crippen MR) is 99.9 cm³/mol. The zero-order chi connectivity index (χ0) is 17.9. The molecule has 0 bridgehead atoms. The van der Waals surface area contributed by atoms with Crippen LogP contribution in [0.1, 0.15) is 17.3 Å². The number of hydrogen-bond acceptors (Lipinski definition) is 3. The minimum atomic E-state index is 0.114. The van der Waals surface area contributed by atoms with E-state index >= 15 is 0 Å². The first-order valence-corrected chi connectivity index (χ1v) is 8.98. The highest BCUT2D eigenvalue weighted by atomic mass is 16.7. The molecular weight excluding hydrogens is 328 g/mol. The van der Waals surface area contributed by atoms with Gasteiger partial charge in [-0.15, -0.1) is 0 Å². The van der Waals surface area contributed by atoms with Gasteiger partial charge < -0.3 is 18.7 Å². The van der Waals surface area contributed by atoms with Crippen LogP contribution in [0, 0.1) is 0 Å². The summed E-state index contributed by atoms with van der Waals surface area (Å²) >= 11 is 0. The zero-order valence-electron chi connectivity index (χ0n) is 15.4. The minimum absolute atomic E-state index is 0.114. The van der Waals surface area contributed by atoms with Gasteiger partial charge in [0.2, 0.25) is 12.5 Å². The molecule has 3 aromatic rings. The molecule has 0 fully saturated rings. The Labute approximate surface area is 152 Å². The number of ether oxygens (including phenoxy) is 3. The fourth-order valence-electron chi connectivity index (χ4n) is 4.44. The van der Waals surface area contributed by atoms with E-state index < -0.39 is 0 Å². The number of rotatable bonds is 2. The predicted octanol–water partition coefficient (Wildman–Crippen LogP) is 3.56. The van der Waals surface area contributed by atoms with Crippen molar-refractivity contribution in [3.8, 4) is 17.2 Å². The van der Waals surface area contributed by atoms with Gasteiger partial charge in [0, 0.05) is 12.6 Å². The Morgan fingerprint density at radius 1 is 1.15 bits per heavy atom. The van der Waals surface area contributed by atoms with Crippen LogP contribution < -0.4 is 14.2 Å². The lowest BCUT2D eigenvalue weighted by molar-refractivity contribution is -0.926. The van der Waals surface area contributed by atoms with E-state index in [-0.39, 0.29) is 13.0 Å². The largest absolute Gasteiger partial charge is 0.492 e. The van der Waals surface area contributed by atoms with Gasteiger partial charge in [0.25, 0.3) is 0 Å². The van der Waals surface area contributed by atoms with E-state index in [4.69, 9.17) is 14.2 Å². The van der Waals surface area contributed by atoms with Gasteiger partial charge in [-0.2, -0.15) is 0 Å². The SMILES string of the molecule is COc1c2c(cc3c1C(n1ccc4ccccc41)[N+](C)(C)CC3)OCO2. The van der Waals surface area contributed by atoms with Gasteiger partial charge in [0.1, 0.15) is 0 Å². The molecular formula is C21H23N2O3+. The van der Waals surface area contributed by atoms with Crippen LogP contribution in [0.2, 0.25) is 0 Å². The van der Waals surface area contributed by atoms with Crippen molar-refractivity contribution in [2.24, 2.45) is 0 Å². The fourth-order valence-corrected chi connectivity index (χ4v) is 4.44. The van der Waals surface area contributed by atoms with Crippen molar-refractivity contribution in [2.75, 3.05) is 34.5 Å². The summed E-state index contributed by atoms with van der Waals surface area (Å²) in [6.07, 6.45) is 3.29. The van der Waals surface area contributed by atoms with Crippen molar-refractivity contribution < 1.29 is 18.7 Å². The highest BCUT2D eigenvalue weighted by Crippen LogP contribution is 2.51. The number of likely N-dealkylation sites (N-methyl/N-ethyl adjacent to an activating group) is 1. The number of para-hydroxylation sites is 1. The molecule has 5 nitrogen and oxygen atoms in total. The molecule has 0 radical (unpaired) electrons. The quantitative estimate of drug-likeness (QED) is 0.662. The average Bonchev–Trinajstić information content (AvgIpc) is 3.26. The lowest BCUT2D eigenvalue weighted by Gasteiger charge is -2.43. The smallest absolute Gasteiger partial charge is 0.231 e. The van der Waals surface area contributed by atoms with Gasteiger partial charge in [0.15, 0.2) is 17.7 Å². The minimum Gasteiger partial charge on any atom is -0.492 e. The molecule has 1 atom stereocenters. The van der Waals surface area contributed by atoms with E-state index in [1.54, 1.807) is 7.11 Å². The second kappa shape index (κ2) is 5.42. The lowest BCUT2D eigenvalue weighted by Crippen LogP contribution is -2.50. The van der Waals surface area contributed by atoms with Crippen molar-refractivity contribution in [1.82, 2.24) is 4.57 Å². The first-order valence-electron chi connectivity index (χ1n) is 8.98. The van der Waals surface area contributed by atoms with E-state index in [0.717, 1.165) is 34.7 Å². The van der Waals surface area contributed by atoms with Crippen LogP contribution in [0.3, 0.4) is 0 Å². The second-order valence-corrected chi connectivity index (χ2v) is 7.62. The molecule has 0 saturated heterocycles. The van der Waals surface area contributed by atoms with Crippen LogP contribution in [0.25, 0.3) is 10.9 Å². The summed E-state index contributed by atoms with van der Waals surface area (Å²) in [7, 11) is 6.29. The van der Waals surface area contributed by atoms with Gasteiger partial charge >= 0.3 is 0 Å². The van der Waals surface area contributed by atoms with E-state index in [2.05, 4.69) is 61.3 Å². The Kier molecular flexibility index (Phi) is 3.25. The molecule has 2 aliphatic heterocycles. The molecule has 0 N–H and O–H groups in total. The highest BCUT2D eigenvalue weighted by Gasteiger charge is 2.42. The summed E-state index contributed by atoms with van der Waals surface area (Å²) in [5.74, 6) is 2.34. The molecule has 134 valence electrons. The van der Waals surface area contributed by atoms with E-state index in [1.165, 1.54) is 22.0 Å². The van der Waals surface area contributed by atoms with Crippen molar-refractivity contribution in [3.63, 3.8) is 0 Å². The Morgan fingerprint density at radius 2 is 2.00 bits per heavy atom. The normalized spacial score (nSPS) is 20.2. The van der Waals surface area contributed by atoms with Crippen LogP contribution in [-0.4, -0.2) is 43.6 Å². The van der Waals surface area contributed by atoms with Gasteiger partial charge in [-0.3, -0.25) is 4.57 Å². The maximum Gasteiger partial charge on any atom is 0.231 e. The van der Waals surface area contributed by atoms with E-state index in [9.17, 15) is 0 Å². The molecule has 5 heteroatoms. The third kappa shape index (κ3) is 2.07. The Morgan fingerprint density at radius 3 is 2.85 bits per heavy atom. The Balaban J connectivity index is 1.81. The van der Waals surface area contributed by atoms with Crippen molar-refractivity contribution >= 4 is 10.9 Å². The Bertz CT molecular complexity index is 1010. The summed E-state index contributed by atoms with van der Waals surface area (Å²) in [4.78, 5) is 0. The lowest BCUT2D eigenvalue weighted by atomic mass is 9.93. The number of methoxy groups -OCH3 is 1. The van der Waals surface area contributed by atoms with Gasteiger partial charge in [-0.1, -0.05) is 18.2 Å². The number of fused-ring (bicyclic) bond motifs is 3. The maximum absolute atomic E-state index is 5.86. The molecule has 0 spiro atoms. The molecule has 2 aromatic carbocycles. The topological polar surface area (TPSA) is 32.6 Å². The van der Waals surface area contributed by atoms with Crippen LogP contribution in [0.4, 0.5) is 0 Å². The summed E-state index contributed by atoms with van der Waals surface area (Å²) in [5.41, 5.74) is 3.72. The molecule has 1 aromatic heterocycles. The molecule has 1 unspecified atom stereocenters. The van der Waals surface area contributed by atoms with Crippen LogP contribution in [0.5, 0.6) is 17.2 Å². The highest BCUT2D eigenvalue weighted by molar-refractivity contribution is 5.80. The summed E-state index contributed by atoms with van der Waals surface area (Å²) in [6, 6.07) is 12.8. The zero-order valence-corrected chi connectivity index (χ0v) is 15.4. The van der Waals surface area contributed by atoms with Crippen molar-refractivity contribution in [3.05, 3.63) is 53.7 Å². The van der Waals surface area contributed by atoms with Crippen LogP contribution in [0.15, 0.2) is 42.6 Å². The molecule has 0 amide bonds. The second-order valence-electron chi connectivity index (χ2n) is 7.62. The van der Waals surface area contributed by atoms with Gasteiger partial charge in [-0.05, 0) is 29.1 Å². The van der Waals surface area contributed by atoms with Crippen molar-refractivity contribution in [2.45, 2.75) is 12.6 Å². The first kappa shape index (κ1) is 15.6. The number of nitrogens with zero attached hydrogens (tertiary/aromatic N) is 2.